The van der Waals surface area contributed by atoms with Crippen molar-refractivity contribution in [2.45, 2.75) is 31.6 Å². The van der Waals surface area contributed by atoms with E-state index in [-0.39, 0.29) is 6.54 Å². The molecule has 4 atom stereocenters. The zero-order valence-electron chi connectivity index (χ0n) is 13.1. The van der Waals surface area contributed by atoms with E-state index in [1.54, 1.807) is 7.05 Å². The fourth-order valence-electron chi connectivity index (χ4n) is 4.32. The van der Waals surface area contributed by atoms with Gasteiger partial charge in [-0.25, -0.2) is 8.78 Å². The van der Waals surface area contributed by atoms with Crippen molar-refractivity contribution < 1.29 is 13.5 Å². The number of rotatable bonds is 2. The predicted octanol–water partition coefficient (Wildman–Crippen LogP) is 2.15. The van der Waals surface area contributed by atoms with Gasteiger partial charge < -0.3 is 15.0 Å². The lowest BCUT2D eigenvalue weighted by Gasteiger charge is -2.23. The highest BCUT2D eigenvalue weighted by Gasteiger charge is 2.53. The molecule has 0 saturated carbocycles. The van der Waals surface area contributed by atoms with Crippen LogP contribution in [-0.2, 0) is 11.3 Å². The molecular weight excluding hydrogens is 300 g/mol. The summed E-state index contributed by atoms with van der Waals surface area (Å²) in [6, 6.07) is 3.51. The Kier molecular flexibility index (Phi) is 3.71. The number of likely N-dealkylation sites (tertiary alicyclic amines) is 1. The lowest BCUT2D eigenvalue weighted by Crippen LogP contribution is -2.41. The molecule has 3 fully saturated rings. The molecule has 0 spiro atoms. The van der Waals surface area contributed by atoms with Gasteiger partial charge in [-0.3, -0.25) is 4.99 Å². The molecule has 2 bridgehead atoms. The average Bonchev–Trinajstić information content (AvgIpc) is 3.23. The van der Waals surface area contributed by atoms with Crippen LogP contribution in [0.15, 0.2) is 23.2 Å². The van der Waals surface area contributed by atoms with Crippen LogP contribution in [0.2, 0.25) is 0 Å². The molecule has 4 nitrogen and oxygen atoms in total. The molecule has 23 heavy (non-hydrogen) atoms. The molecule has 1 N–H and O–H groups in total. The summed E-state index contributed by atoms with van der Waals surface area (Å²) in [5.74, 6) is 1.08. The maximum atomic E-state index is 13.7. The van der Waals surface area contributed by atoms with Gasteiger partial charge in [-0.15, -0.1) is 0 Å². The summed E-state index contributed by atoms with van der Waals surface area (Å²) in [5.41, 5.74) is 0.314. The summed E-state index contributed by atoms with van der Waals surface area (Å²) in [7, 11) is 1.73. The molecule has 0 aliphatic carbocycles. The van der Waals surface area contributed by atoms with Gasteiger partial charge in [-0.1, -0.05) is 0 Å². The molecule has 3 saturated heterocycles. The summed E-state index contributed by atoms with van der Waals surface area (Å²) in [6.45, 7) is 2.08. The minimum Gasteiger partial charge on any atom is -0.374 e. The summed E-state index contributed by atoms with van der Waals surface area (Å²) in [6.07, 6.45) is 3.13. The molecule has 3 aliphatic rings. The third-order valence-corrected chi connectivity index (χ3v) is 5.41. The Hall–Kier alpha value is -1.69. The zero-order chi connectivity index (χ0) is 16.0. The SMILES string of the molecule is CN=C(NCc1cc(F)ccc1F)N1CC2C3CCC(O3)C2C1. The Bertz CT molecular complexity index is 618. The second kappa shape index (κ2) is 5.74. The van der Waals surface area contributed by atoms with E-state index in [1.807, 2.05) is 0 Å². The highest BCUT2D eigenvalue weighted by molar-refractivity contribution is 5.80. The molecule has 0 aromatic heterocycles. The summed E-state index contributed by atoms with van der Waals surface area (Å²) in [5, 5.41) is 3.16. The topological polar surface area (TPSA) is 36.9 Å². The van der Waals surface area contributed by atoms with Crippen LogP contribution in [0.4, 0.5) is 8.78 Å². The maximum absolute atomic E-state index is 13.7. The minimum absolute atomic E-state index is 0.228. The lowest BCUT2D eigenvalue weighted by molar-refractivity contribution is 0.0767. The van der Waals surface area contributed by atoms with Crippen molar-refractivity contribution >= 4 is 5.96 Å². The van der Waals surface area contributed by atoms with Crippen LogP contribution in [0, 0.1) is 23.5 Å². The fourth-order valence-corrected chi connectivity index (χ4v) is 4.32. The van der Waals surface area contributed by atoms with Gasteiger partial charge in [0.2, 0.25) is 0 Å². The van der Waals surface area contributed by atoms with E-state index >= 15 is 0 Å². The van der Waals surface area contributed by atoms with Crippen LogP contribution >= 0.6 is 0 Å². The Morgan fingerprint density at radius 1 is 1.26 bits per heavy atom. The van der Waals surface area contributed by atoms with Crippen LogP contribution in [0.3, 0.4) is 0 Å². The van der Waals surface area contributed by atoms with Crippen molar-refractivity contribution in [3.63, 3.8) is 0 Å². The molecule has 124 valence electrons. The smallest absolute Gasteiger partial charge is 0.193 e. The quantitative estimate of drug-likeness (QED) is 0.670. The zero-order valence-corrected chi connectivity index (χ0v) is 13.1. The molecule has 4 unspecified atom stereocenters. The Balaban J connectivity index is 1.41. The maximum Gasteiger partial charge on any atom is 0.193 e. The minimum atomic E-state index is -0.428. The largest absolute Gasteiger partial charge is 0.374 e. The first kappa shape index (κ1) is 14.9. The van der Waals surface area contributed by atoms with E-state index in [1.165, 1.54) is 18.9 Å². The standard InChI is InChI=1S/C17H21F2N3O/c1-20-17(21-7-10-6-11(18)2-3-14(10)19)22-8-12-13(9-22)16-5-4-15(12)23-16/h2-3,6,12-13,15-16H,4-5,7-9H2,1H3,(H,20,21). The molecule has 0 radical (unpaired) electrons. The van der Waals surface area contributed by atoms with E-state index in [2.05, 4.69) is 15.2 Å². The molecule has 3 aliphatic heterocycles. The molecular formula is C17H21F2N3O. The predicted molar refractivity (Wildman–Crippen MR) is 83.0 cm³/mol. The Morgan fingerprint density at radius 3 is 2.61 bits per heavy atom. The molecule has 0 amide bonds. The van der Waals surface area contributed by atoms with E-state index in [9.17, 15) is 8.78 Å². The van der Waals surface area contributed by atoms with E-state index in [4.69, 9.17) is 4.74 Å². The summed E-state index contributed by atoms with van der Waals surface area (Å²) >= 11 is 0. The van der Waals surface area contributed by atoms with Crippen LogP contribution < -0.4 is 5.32 Å². The first-order valence-electron chi connectivity index (χ1n) is 8.20. The van der Waals surface area contributed by atoms with Gasteiger partial charge in [0.15, 0.2) is 5.96 Å². The second-order valence-corrected chi connectivity index (χ2v) is 6.66. The van der Waals surface area contributed by atoms with Crippen molar-refractivity contribution in [3.05, 3.63) is 35.4 Å². The number of benzene rings is 1. The van der Waals surface area contributed by atoms with E-state index in [0.29, 0.717) is 29.6 Å². The number of aliphatic imine (C=N–C) groups is 1. The first-order valence-corrected chi connectivity index (χ1v) is 8.20. The van der Waals surface area contributed by atoms with E-state index in [0.717, 1.165) is 31.2 Å². The van der Waals surface area contributed by atoms with Crippen LogP contribution in [0.1, 0.15) is 18.4 Å². The third-order valence-electron chi connectivity index (χ3n) is 5.41. The van der Waals surface area contributed by atoms with Crippen LogP contribution in [0.5, 0.6) is 0 Å². The number of guanidine groups is 1. The highest BCUT2D eigenvalue weighted by Crippen LogP contribution is 2.47. The number of hydrogen-bond acceptors (Lipinski definition) is 2. The molecule has 4 rings (SSSR count). The third kappa shape index (κ3) is 2.59. The number of halogens is 2. The van der Waals surface area contributed by atoms with Gasteiger partial charge in [-0.2, -0.15) is 0 Å². The fraction of sp³-hybridized carbons (Fsp3) is 0.588. The van der Waals surface area contributed by atoms with E-state index < -0.39 is 11.6 Å². The average molecular weight is 321 g/mol. The van der Waals surface area contributed by atoms with Crippen molar-refractivity contribution in [1.82, 2.24) is 10.2 Å². The van der Waals surface area contributed by atoms with Crippen LogP contribution in [-0.4, -0.2) is 43.2 Å². The van der Waals surface area contributed by atoms with Gasteiger partial charge >= 0.3 is 0 Å². The van der Waals surface area contributed by atoms with Crippen molar-refractivity contribution in [2.24, 2.45) is 16.8 Å². The Morgan fingerprint density at radius 2 is 1.96 bits per heavy atom. The van der Waals surface area contributed by atoms with Gasteiger partial charge in [-0.05, 0) is 31.0 Å². The molecule has 1 aromatic rings. The van der Waals surface area contributed by atoms with Crippen molar-refractivity contribution in [2.75, 3.05) is 20.1 Å². The number of nitrogens with one attached hydrogen (secondary N) is 1. The summed E-state index contributed by atoms with van der Waals surface area (Å²) < 4.78 is 33.0. The summed E-state index contributed by atoms with van der Waals surface area (Å²) in [4.78, 5) is 6.53. The monoisotopic (exact) mass is 321 g/mol. The number of ether oxygens (including phenoxy) is 1. The normalized spacial score (nSPS) is 32.5. The molecule has 6 heteroatoms. The van der Waals surface area contributed by atoms with Gasteiger partial charge in [0.25, 0.3) is 0 Å². The van der Waals surface area contributed by atoms with Gasteiger partial charge in [0, 0.05) is 44.1 Å². The first-order chi connectivity index (χ1) is 11.2. The Labute approximate surface area is 134 Å². The number of nitrogens with zero attached hydrogens (tertiary/aromatic N) is 2. The van der Waals surface area contributed by atoms with Crippen LogP contribution in [0.25, 0.3) is 0 Å². The molecule has 3 heterocycles. The number of hydrogen-bond donors (Lipinski definition) is 1. The van der Waals surface area contributed by atoms with Gasteiger partial charge in [0.1, 0.15) is 11.6 Å². The number of fused-ring (bicyclic) bond motifs is 5. The van der Waals surface area contributed by atoms with Crippen molar-refractivity contribution in [1.29, 1.82) is 0 Å². The highest BCUT2D eigenvalue weighted by atomic mass is 19.1. The lowest BCUT2D eigenvalue weighted by atomic mass is 9.82. The second-order valence-electron chi connectivity index (χ2n) is 6.66. The van der Waals surface area contributed by atoms with Crippen molar-refractivity contribution in [3.8, 4) is 0 Å². The van der Waals surface area contributed by atoms with Gasteiger partial charge in [0.05, 0.1) is 12.2 Å². The molecule has 1 aromatic carbocycles.